The summed E-state index contributed by atoms with van der Waals surface area (Å²) in [6, 6.07) is 3.37. The van der Waals surface area contributed by atoms with E-state index in [0.29, 0.717) is 0 Å². The molecule has 0 fully saturated rings. The standard InChI is InChI=1S/C10H6F2N2O4/c11-10(12)18-7-3-4-13-8-5(7)1-2-6(9(8)15)14(16)17/h1-4,10,15H. The Bertz CT molecular complexity index is 618. The van der Waals surface area contributed by atoms with Crippen LogP contribution in [-0.2, 0) is 0 Å². The number of halogens is 2. The topological polar surface area (TPSA) is 85.5 Å². The molecule has 0 aliphatic carbocycles. The van der Waals surface area contributed by atoms with Crippen molar-refractivity contribution in [1.29, 1.82) is 0 Å². The smallest absolute Gasteiger partial charge is 0.387 e. The molecule has 8 heteroatoms. The molecule has 6 nitrogen and oxygen atoms in total. The molecule has 0 aliphatic heterocycles. The van der Waals surface area contributed by atoms with Crippen LogP contribution in [0.5, 0.6) is 11.5 Å². The number of hydrogen-bond donors (Lipinski definition) is 1. The normalized spacial score (nSPS) is 10.8. The Morgan fingerprint density at radius 1 is 1.39 bits per heavy atom. The third-order valence-electron chi connectivity index (χ3n) is 2.24. The third-order valence-corrected chi connectivity index (χ3v) is 2.24. The number of nitro groups is 1. The molecule has 1 aromatic carbocycles. The molecule has 0 aliphatic rings. The van der Waals surface area contributed by atoms with Gasteiger partial charge >= 0.3 is 12.3 Å². The number of alkyl halides is 2. The van der Waals surface area contributed by atoms with Crippen LogP contribution >= 0.6 is 0 Å². The summed E-state index contributed by atoms with van der Waals surface area (Å²) in [5, 5.41) is 20.3. The van der Waals surface area contributed by atoms with E-state index < -0.39 is 23.0 Å². The molecule has 18 heavy (non-hydrogen) atoms. The number of aromatic hydroxyl groups is 1. The number of nitro benzene ring substituents is 1. The Kier molecular flexibility index (Phi) is 2.92. The van der Waals surface area contributed by atoms with Gasteiger partial charge in [0, 0.05) is 17.6 Å². The van der Waals surface area contributed by atoms with Crippen LogP contribution in [0.4, 0.5) is 14.5 Å². The number of aromatic nitrogens is 1. The predicted molar refractivity (Wildman–Crippen MR) is 56.7 cm³/mol. The van der Waals surface area contributed by atoms with Crippen molar-refractivity contribution in [1.82, 2.24) is 4.98 Å². The van der Waals surface area contributed by atoms with E-state index in [0.717, 1.165) is 12.3 Å². The SMILES string of the molecule is O=[N+]([O-])c1ccc2c(OC(F)F)ccnc2c1O. The zero-order valence-corrected chi connectivity index (χ0v) is 8.71. The van der Waals surface area contributed by atoms with Crippen LogP contribution in [-0.4, -0.2) is 21.6 Å². The zero-order chi connectivity index (χ0) is 13.3. The van der Waals surface area contributed by atoms with E-state index in [1.54, 1.807) is 0 Å². The largest absolute Gasteiger partial charge is 0.501 e. The van der Waals surface area contributed by atoms with Crippen molar-refractivity contribution < 1.29 is 23.5 Å². The fourth-order valence-electron chi connectivity index (χ4n) is 1.51. The van der Waals surface area contributed by atoms with Gasteiger partial charge in [-0.1, -0.05) is 0 Å². The molecular formula is C10H6F2N2O4. The van der Waals surface area contributed by atoms with Gasteiger partial charge in [0.25, 0.3) is 0 Å². The number of fused-ring (bicyclic) bond motifs is 1. The number of phenols is 1. The molecule has 0 atom stereocenters. The highest BCUT2D eigenvalue weighted by atomic mass is 19.3. The van der Waals surface area contributed by atoms with Gasteiger partial charge in [-0.15, -0.1) is 0 Å². The van der Waals surface area contributed by atoms with Crippen molar-refractivity contribution in [3.05, 3.63) is 34.5 Å². The number of hydrogen-bond acceptors (Lipinski definition) is 5. The first-order valence-electron chi connectivity index (χ1n) is 4.70. The van der Waals surface area contributed by atoms with Crippen molar-refractivity contribution in [2.75, 3.05) is 0 Å². The van der Waals surface area contributed by atoms with E-state index >= 15 is 0 Å². The van der Waals surface area contributed by atoms with Crippen molar-refractivity contribution >= 4 is 16.6 Å². The second-order valence-corrected chi connectivity index (χ2v) is 3.27. The molecule has 0 bridgehead atoms. The van der Waals surface area contributed by atoms with E-state index in [1.807, 2.05) is 0 Å². The molecule has 0 unspecified atom stereocenters. The molecule has 0 radical (unpaired) electrons. The van der Waals surface area contributed by atoms with Gasteiger partial charge in [-0.2, -0.15) is 8.78 Å². The summed E-state index contributed by atoms with van der Waals surface area (Å²) < 4.78 is 28.5. The van der Waals surface area contributed by atoms with Gasteiger partial charge in [0.15, 0.2) is 0 Å². The van der Waals surface area contributed by atoms with Crippen molar-refractivity contribution in [3.63, 3.8) is 0 Å². The summed E-state index contributed by atoms with van der Waals surface area (Å²) in [6.45, 7) is -3.03. The monoisotopic (exact) mass is 256 g/mol. The summed E-state index contributed by atoms with van der Waals surface area (Å²) in [6.07, 6.45) is 1.11. The summed E-state index contributed by atoms with van der Waals surface area (Å²) in [7, 11) is 0. The molecule has 0 amide bonds. The van der Waals surface area contributed by atoms with E-state index in [-0.39, 0.29) is 16.7 Å². The Labute approximate surface area is 98.6 Å². The summed E-state index contributed by atoms with van der Waals surface area (Å²) in [4.78, 5) is 13.5. The molecule has 1 N–H and O–H groups in total. The quantitative estimate of drug-likeness (QED) is 0.673. The zero-order valence-electron chi connectivity index (χ0n) is 8.71. The molecule has 0 saturated heterocycles. The first-order valence-corrected chi connectivity index (χ1v) is 4.70. The maximum Gasteiger partial charge on any atom is 0.387 e. The minimum atomic E-state index is -3.03. The van der Waals surface area contributed by atoms with Crippen LogP contribution in [0.3, 0.4) is 0 Å². The molecule has 2 rings (SSSR count). The lowest BCUT2D eigenvalue weighted by molar-refractivity contribution is -0.385. The van der Waals surface area contributed by atoms with Gasteiger partial charge in [0.2, 0.25) is 5.75 Å². The summed E-state index contributed by atoms with van der Waals surface area (Å²) in [5.74, 6) is -0.891. The number of rotatable bonds is 3. The first-order chi connectivity index (χ1) is 8.50. The third kappa shape index (κ3) is 1.99. The average Bonchev–Trinajstić information content (AvgIpc) is 2.29. The minimum Gasteiger partial charge on any atom is -0.501 e. The van der Waals surface area contributed by atoms with Crippen LogP contribution in [0, 0.1) is 10.1 Å². The minimum absolute atomic E-state index is 0.0703. The Morgan fingerprint density at radius 2 is 2.11 bits per heavy atom. The summed E-state index contributed by atoms with van der Waals surface area (Å²) >= 11 is 0. The van der Waals surface area contributed by atoms with Crippen LogP contribution in [0.1, 0.15) is 0 Å². The highest BCUT2D eigenvalue weighted by Crippen LogP contribution is 2.36. The molecule has 94 valence electrons. The van der Waals surface area contributed by atoms with E-state index in [4.69, 9.17) is 0 Å². The van der Waals surface area contributed by atoms with Crippen LogP contribution in [0.25, 0.3) is 10.9 Å². The van der Waals surface area contributed by atoms with Gasteiger partial charge < -0.3 is 9.84 Å². The van der Waals surface area contributed by atoms with E-state index in [9.17, 15) is 24.0 Å². The average molecular weight is 256 g/mol. The molecule has 1 aromatic heterocycles. The molecule has 1 heterocycles. The molecule has 0 spiro atoms. The van der Waals surface area contributed by atoms with Gasteiger partial charge in [-0.25, -0.2) is 0 Å². The highest BCUT2D eigenvalue weighted by Gasteiger charge is 2.19. The Morgan fingerprint density at radius 3 is 2.72 bits per heavy atom. The number of phenolic OH excluding ortho intramolecular Hbond substituents is 1. The molecular weight excluding hydrogens is 250 g/mol. The maximum atomic E-state index is 12.1. The highest BCUT2D eigenvalue weighted by molar-refractivity contribution is 5.92. The van der Waals surface area contributed by atoms with Gasteiger partial charge in [-0.05, 0) is 12.1 Å². The lowest BCUT2D eigenvalue weighted by Gasteiger charge is -2.08. The molecule has 2 aromatic rings. The van der Waals surface area contributed by atoms with E-state index in [2.05, 4.69) is 9.72 Å². The van der Waals surface area contributed by atoms with Crippen LogP contribution in [0.15, 0.2) is 24.4 Å². The van der Waals surface area contributed by atoms with Crippen LogP contribution in [0.2, 0.25) is 0 Å². The van der Waals surface area contributed by atoms with Gasteiger partial charge in [0.1, 0.15) is 11.3 Å². The second-order valence-electron chi connectivity index (χ2n) is 3.27. The molecule has 0 saturated carbocycles. The van der Waals surface area contributed by atoms with Gasteiger partial charge in [0.05, 0.1) is 4.92 Å². The number of pyridine rings is 1. The Balaban J connectivity index is 2.66. The number of ether oxygens (including phenoxy) is 1. The fraction of sp³-hybridized carbons (Fsp3) is 0.100. The van der Waals surface area contributed by atoms with Crippen molar-refractivity contribution in [2.45, 2.75) is 6.61 Å². The summed E-state index contributed by atoms with van der Waals surface area (Å²) in [5.41, 5.74) is -0.716. The van der Waals surface area contributed by atoms with Crippen molar-refractivity contribution in [3.8, 4) is 11.5 Å². The Hall–Kier alpha value is -2.51. The van der Waals surface area contributed by atoms with Crippen LogP contribution < -0.4 is 4.74 Å². The van der Waals surface area contributed by atoms with Gasteiger partial charge in [-0.3, -0.25) is 15.1 Å². The fourth-order valence-corrected chi connectivity index (χ4v) is 1.51. The van der Waals surface area contributed by atoms with Crippen molar-refractivity contribution in [2.24, 2.45) is 0 Å². The second kappa shape index (κ2) is 4.40. The lowest BCUT2D eigenvalue weighted by atomic mass is 10.1. The number of nitrogens with zero attached hydrogens (tertiary/aromatic N) is 2. The number of benzene rings is 1. The van der Waals surface area contributed by atoms with E-state index in [1.165, 1.54) is 12.1 Å². The first kappa shape index (κ1) is 12.0. The lowest BCUT2D eigenvalue weighted by Crippen LogP contribution is -2.02. The maximum absolute atomic E-state index is 12.1. The predicted octanol–water partition coefficient (Wildman–Crippen LogP) is 2.45.